The summed E-state index contributed by atoms with van der Waals surface area (Å²) < 4.78 is 0. The topological polar surface area (TPSA) is 15.8 Å². The maximum Gasteiger partial charge on any atom is -0.0745 e. The van der Waals surface area contributed by atoms with Crippen molar-refractivity contribution >= 4 is 40.5 Å². The van der Waals surface area contributed by atoms with Crippen LogP contribution in [0, 0.1) is 19.7 Å². The summed E-state index contributed by atoms with van der Waals surface area (Å²) in [6, 6.07) is 10.1. The standard InChI is InChI=1S/C8H6N.C5H5.CH3.CH2.2ClH.Ti/c1-2-4-8-7(3-1)5-6-9-8;1-2-4-5-3-1;;;;;/h1-5,9H;1-3H,4H2;1H3;1H2;2*1H;/q3*-1;;;;. The Morgan fingerprint density at radius 2 is 1.84 bits per heavy atom. The van der Waals surface area contributed by atoms with Gasteiger partial charge in [-0.15, -0.1) is 55.1 Å². The van der Waals surface area contributed by atoms with Crippen LogP contribution in [0.1, 0.15) is 6.42 Å². The second-order valence-electron chi connectivity index (χ2n) is 3.00. The summed E-state index contributed by atoms with van der Waals surface area (Å²) in [7, 11) is 0. The van der Waals surface area contributed by atoms with E-state index in [1.165, 1.54) is 5.39 Å². The van der Waals surface area contributed by atoms with Gasteiger partial charge in [-0.2, -0.15) is 17.5 Å². The number of rotatable bonds is 0. The maximum absolute atomic E-state index is 3.25. The van der Waals surface area contributed by atoms with Gasteiger partial charge in [-0.05, 0) is 0 Å². The van der Waals surface area contributed by atoms with Gasteiger partial charge in [0.1, 0.15) is 0 Å². The molecule has 4 heteroatoms. The van der Waals surface area contributed by atoms with E-state index >= 15 is 0 Å². The second-order valence-corrected chi connectivity index (χ2v) is 3.00. The van der Waals surface area contributed by atoms with Gasteiger partial charge in [0.2, 0.25) is 0 Å². The zero-order valence-corrected chi connectivity index (χ0v) is 14.0. The SMILES string of the molecule is Cl.Cl.[C-]1=CC=CC1.[CH2]=[Ti].[CH3-].[c-]1cc2ccccc2[nH]1. The molecule has 0 amide bonds. The molecule has 0 atom stereocenters. The van der Waals surface area contributed by atoms with Crippen LogP contribution in [0.15, 0.2) is 48.6 Å². The average Bonchev–Trinajstić information content (AvgIpc) is 3.06. The number of aromatic amines is 1. The predicted octanol–water partition coefficient (Wildman–Crippen LogP) is 4.53. The van der Waals surface area contributed by atoms with Crippen LogP contribution in [-0.2, 0) is 20.0 Å². The fourth-order valence-corrected chi connectivity index (χ4v) is 1.27. The number of halogens is 2. The third-order valence-electron chi connectivity index (χ3n) is 1.98. The molecule has 0 saturated heterocycles. The molecule has 19 heavy (non-hydrogen) atoms. The quantitative estimate of drug-likeness (QED) is 0.539. The van der Waals surface area contributed by atoms with E-state index in [2.05, 4.69) is 34.2 Å². The summed E-state index contributed by atoms with van der Waals surface area (Å²) in [5, 5.41) is 1.22. The van der Waals surface area contributed by atoms with E-state index in [9.17, 15) is 0 Å². The largest absolute Gasteiger partial charge is 0.477 e. The second kappa shape index (κ2) is 15.5. The van der Waals surface area contributed by atoms with Gasteiger partial charge in [0, 0.05) is 0 Å². The van der Waals surface area contributed by atoms with Crippen LogP contribution in [0.25, 0.3) is 10.9 Å². The van der Waals surface area contributed by atoms with Crippen molar-refractivity contribution in [2.24, 2.45) is 0 Å². The molecule has 1 aliphatic carbocycles. The van der Waals surface area contributed by atoms with Crippen molar-refractivity contribution in [3.63, 3.8) is 0 Å². The normalized spacial score (nSPS) is 9.63. The van der Waals surface area contributed by atoms with Crippen LogP contribution < -0.4 is 0 Å². The summed E-state index contributed by atoms with van der Waals surface area (Å²) in [6.07, 6.45) is 12.9. The Morgan fingerprint density at radius 3 is 2.32 bits per heavy atom. The minimum atomic E-state index is 0. The van der Waals surface area contributed by atoms with Crippen LogP contribution in [0.3, 0.4) is 0 Å². The molecule has 0 aliphatic heterocycles. The van der Waals surface area contributed by atoms with E-state index in [4.69, 9.17) is 0 Å². The number of nitrogens with one attached hydrogen (secondary N) is 1. The van der Waals surface area contributed by atoms with E-state index in [1.807, 2.05) is 36.4 Å². The zero-order valence-electron chi connectivity index (χ0n) is 10.8. The first-order chi connectivity index (χ1) is 7.97. The third-order valence-corrected chi connectivity index (χ3v) is 1.98. The van der Waals surface area contributed by atoms with Crippen LogP contribution in [0.4, 0.5) is 0 Å². The Hall–Kier alpha value is -0.596. The first-order valence-corrected chi connectivity index (χ1v) is 6.08. The molecule has 1 aromatic heterocycles. The van der Waals surface area contributed by atoms with E-state index < -0.39 is 0 Å². The Balaban J connectivity index is -0.000000227. The fourth-order valence-electron chi connectivity index (χ4n) is 1.27. The summed E-state index contributed by atoms with van der Waals surface area (Å²) in [6.45, 7) is 0. The minimum absolute atomic E-state index is 0. The summed E-state index contributed by atoms with van der Waals surface area (Å²) in [5.41, 5.74) is 1.15. The molecule has 0 bridgehead atoms. The van der Waals surface area contributed by atoms with Crippen LogP contribution >= 0.6 is 24.8 Å². The maximum atomic E-state index is 3.25. The summed E-state index contributed by atoms with van der Waals surface area (Å²) in [4.78, 5) is 6.24. The van der Waals surface area contributed by atoms with Gasteiger partial charge in [0.15, 0.2) is 0 Å². The number of benzene rings is 1. The number of allylic oxidation sites excluding steroid dienone is 4. The van der Waals surface area contributed by atoms with Gasteiger partial charge in [-0.1, -0.05) is 12.1 Å². The molecular formula is C15H18Cl2NTi-3. The molecule has 0 fully saturated rings. The van der Waals surface area contributed by atoms with Gasteiger partial charge < -0.3 is 12.4 Å². The van der Waals surface area contributed by atoms with Crippen LogP contribution in [-0.4, -0.2) is 9.80 Å². The fraction of sp³-hybridized carbons (Fsp3) is 0.0667. The van der Waals surface area contributed by atoms with Crippen molar-refractivity contribution in [1.29, 1.82) is 0 Å². The van der Waals surface area contributed by atoms with Gasteiger partial charge in [0.25, 0.3) is 0 Å². The van der Waals surface area contributed by atoms with Gasteiger partial charge >= 0.3 is 24.8 Å². The molecule has 1 N–H and O–H groups in total. The van der Waals surface area contributed by atoms with Crippen molar-refractivity contribution in [3.05, 3.63) is 68.3 Å². The van der Waals surface area contributed by atoms with Gasteiger partial charge in [0.05, 0.1) is 0 Å². The van der Waals surface area contributed by atoms with E-state index in [0.717, 1.165) is 11.9 Å². The van der Waals surface area contributed by atoms with Gasteiger partial charge in [-0.3, -0.25) is 6.08 Å². The molecule has 2 aromatic rings. The Labute approximate surface area is 139 Å². The summed E-state index contributed by atoms with van der Waals surface area (Å²) in [5.74, 6) is 0. The smallest absolute Gasteiger partial charge is 0.0745 e. The molecule has 0 unspecified atom stereocenters. The Kier molecular flexibility index (Phi) is 19.1. The molecule has 0 spiro atoms. The molecule has 1 aromatic carbocycles. The molecular weight excluding hydrogens is 313 g/mol. The predicted molar refractivity (Wildman–Crippen MR) is 86.7 cm³/mol. The van der Waals surface area contributed by atoms with Crippen molar-refractivity contribution < 1.29 is 20.0 Å². The number of para-hydroxylation sites is 1. The third kappa shape index (κ3) is 9.01. The van der Waals surface area contributed by atoms with Crippen molar-refractivity contribution in [2.75, 3.05) is 0 Å². The number of hydrogen-bond acceptors (Lipinski definition) is 0. The number of fused-ring (bicyclic) bond motifs is 1. The summed E-state index contributed by atoms with van der Waals surface area (Å²) >= 11 is 1.75. The first-order valence-electron chi connectivity index (χ1n) is 4.98. The van der Waals surface area contributed by atoms with Gasteiger partial charge in [-0.25, -0.2) is 12.2 Å². The zero-order chi connectivity index (χ0) is 11.6. The van der Waals surface area contributed by atoms with E-state index in [1.54, 1.807) is 20.0 Å². The monoisotopic (exact) mass is 330 g/mol. The molecule has 104 valence electrons. The van der Waals surface area contributed by atoms with Crippen molar-refractivity contribution in [1.82, 2.24) is 4.98 Å². The number of aromatic nitrogens is 1. The number of H-pyrrole nitrogens is 1. The Bertz CT molecular complexity index is 437. The van der Waals surface area contributed by atoms with E-state index in [-0.39, 0.29) is 32.2 Å². The molecule has 3 rings (SSSR count). The molecule has 0 saturated carbocycles. The molecule has 1 nitrogen and oxygen atoms in total. The number of hydrogen-bond donors (Lipinski definition) is 1. The first kappa shape index (κ1) is 23.5. The van der Waals surface area contributed by atoms with Crippen molar-refractivity contribution in [3.8, 4) is 0 Å². The van der Waals surface area contributed by atoms with Crippen LogP contribution in [0.2, 0.25) is 0 Å². The molecule has 1 heterocycles. The average molecular weight is 331 g/mol. The van der Waals surface area contributed by atoms with Crippen LogP contribution in [0.5, 0.6) is 0 Å². The molecule has 1 aliphatic rings. The van der Waals surface area contributed by atoms with E-state index in [0.29, 0.717) is 0 Å². The minimum Gasteiger partial charge on any atom is -0.477 e. The van der Waals surface area contributed by atoms with Crippen molar-refractivity contribution in [2.45, 2.75) is 6.42 Å². The molecule has 0 radical (unpaired) electrons. The Morgan fingerprint density at radius 1 is 1.16 bits per heavy atom.